The number of rotatable bonds is 2. The van der Waals surface area contributed by atoms with E-state index in [1.54, 1.807) is 0 Å². The topological polar surface area (TPSA) is 36.4 Å². The minimum absolute atomic E-state index is 0.307. The summed E-state index contributed by atoms with van der Waals surface area (Å²) in [5.74, 6) is 0.452. The smallest absolute Gasteiger partial charge is 0.0476 e. The Labute approximate surface area is 78.0 Å². The molecule has 1 aliphatic heterocycles. The Balaban J connectivity index is 2.04. The van der Waals surface area contributed by atoms with Crippen molar-refractivity contribution in [3.05, 3.63) is 24.5 Å². The number of aromatic nitrogens is 1. The predicted octanol–water partition coefficient (Wildman–Crippen LogP) is 0.900. The van der Waals surface area contributed by atoms with Crippen molar-refractivity contribution in [2.45, 2.75) is 6.42 Å². The molecule has 0 bridgehead atoms. The van der Waals surface area contributed by atoms with Gasteiger partial charge in [0, 0.05) is 43.7 Å². The summed E-state index contributed by atoms with van der Waals surface area (Å²) in [4.78, 5) is 6.27. The van der Waals surface area contributed by atoms with E-state index in [4.69, 9.17) is 5.11 Å². The van der Waals surface area contributed by atoms with Crippen molar-refractivity contribution in [1.82, 2.24) is 4.98 Å². The molecule has 13 heavy (non-hydrogen) atoms. The molecule has 3 heteroatoms. The zero-order valence-corrected chi connectivity index (χ0v) is 7.56. The van der Waals surface area contributed by atoms with Crippen LogP contribution in [0.25, 0.3) is 0 Å². The van der Waals surface area contributed by atoms with Gasteiger partial charge in [0.2, 0.25) is 0 Å². The van der Waals surface area contributed by atoms with Crippen LogP contribution in [-0.4, -0.2) is 29.8 Å². The molecule has 0 aliphatic carbocycles. The fraction of sp³-hybridized carbons (Fsp3) is 0.500. The Bertz CT molecular complexity index is 263. The highest BCUT2D eigenvalue weighted by Crippen LogP contribution is 2.22. The number of hydrogen-bond donors (Lipinski definition) is 1. The van der Waals surface area contributed by atoms with Crippen molar-refractivity contribution < 1.29 is 5.11 Å². The molecule has 1 aliphatic rings. The third-order valence-electron chi connectivity index (χ3n) is 2.57. The van der Waals surface area contributed by atoms with E-state index < -0.39 is 0 Å². The molecule has 2 rings (SSSR count). The first-order valence-electron chi connectivity index (χ1n) is 4.66. The van der Waals surface area contributed by atoms with Gasteiger partial charge in [0.15, 0.2) is 0 Å². The lowest BCUT2D eigenvalue weighted by molar-refractivity contribution is 0.238. The van der Waals surface area contributed by atoms with Gasteiger partial charge in [0.1, 0.15) is 0 Å². The molecule has 1 saturated heterocycles. The average molecular weight is 178 g/mol. The maximum atomic E-state index is 8.99. The summed E-state index contributed by atoms with van der Waals surface area (Å²) in [6, 6.07) is 4.03. The summed E-state index contributed by atoms with van der Waals surface area (Å²) in [6.45, 7) is 2.33. The molecule has 2 heterocycles. The number of anilines is 1. The first kappa shape index (κ1) is 8.51. The molecule has 0 radical (unpaired) electrons. The van der Waals surface area contributed by atoms with E-state index in [0.717, 1.165) is 19.5 Å². The highest BCUT2D eigenvalue weighted by Gasteiger charge is 2.21. The van der Waals surface area contributed by atoms with Crippen LogP contribution >= 0.6 is 0 Å². The van der Waals surface area contributed by atoms with Crippen LogP contribution < -0.4 is 4.90 Å². The first-order valence-corrected chi connectivity index (χ1v) is 4.66. The molecule has 0 unspecified atom stereocenters. The summed E-state index contributed by atoms with van der Waals surface area (Å²) in [5.41, 5.74) is 1.21. The molecule has 1 fully saturated rings. The number of pyridine rings is 1. The van der Waals surface area contributed by atoms with Gasteiger partial charge in [0.05, 0.1) is 0 Å². The second-order valence-electron chi connectivity index (χ2n) is 3.49. The van der Waals surface area contributed by atoms with Crippen molar-refractivity contribution in [2.75, 3.05) is 24.6 Å². The standard InChI is InChI=1S/C10H14N2O/c13-8-9-3-6-12(7-9)10-1-4-11-5-2-10/h1-2,4-5,9,13H,3,6-8H2/t9-/m0/s1. The lowest BCUT2D eigenvalue weighted by Gasteiger charge is -2.17. The summed E-state index contributed by atoms with van der Waals surface area (Å²) < 4.78 is 0. The Kier molecular flexibility index (Phi) is 2.45. The number of hydrogen-bond acceptors (Lipinski definition) is 3. The van der Waals surface area contributed by atoms with Crippen LogP contribution in [0, 0.1) is 5.92 Å². The second-order valence-corrected chi connectivity index (χ2v) is 3.49. The van der Waals surface area contributed by atoms with Gasteiger partial charge in [-0.3, -0.25) is 4.98 Å². The van der Waals surface area contributed by atoms with Crippen LogP contribution in [0.4, 0.5) is 5.69 Å². The lowest BCUT2D eigenvalue weighted by atomic mass is 10.1. The quantitative estimate of drug-likeness (QED) is 0.731. The van der Waals surface area contributed by atoms with E-state index in [9.17, 15) is 0 Å². The van der Waals surface area contributed by atoms with E-state index in [-0.39, 0.29) is 0 Å². The Morgan fingerprint density at radius 1 is 1.46 bits per heavy atom. The van der Waals surface area contributed by atoms with E-state index >= 15 is 0 Å². The summed E-state index contributed by atoms with van der Waals surface area (Å²) >= 11 is 0. The minimum atomic E-state index is 0.307. The van der Waals surface area contributed by atoms with E-state index in [2.05, 4.69) is 9.88 Å². The Morgan fingerprint density at radius 2 is 2.23 bits per heavy atom. The Hall–Kier alpha value is -1.09. The average Bonchev–Trinajstić information content (AvgIpc) is 2.67. The fourth-order valence-corrected chi connectivity index (χ4v) is 1.77. The molecular formula is C10H14N2O. The van der Waals surface area contributed by atoms with Crippen LogP contribution in [0.5, 0.6) is 0 Å². The maximum Gasteiger partial charge on any atom is 0.0476 e. The van der Waals surface area contributed by atoms with E-state index in [1.165, 1.54) is 5.69 Å². The van der Waals surface area contributed by atoms with Gasteiger partial charge in [-0.15, -0.1) is 0 Å². The van der Waals surface area contributed by atoms with Crippen molar-refractivity contribution in [1.29, 1.82) is 0 Å². The summed E-state index contributed by atoms with van der Waals surface area (Å²) in [7, 11) is 0. The molecule has 0 spiro atoms. The zero-order valence-electron chi connectivity index (χ0n) is 7.56. The highest BCUT2D eigenvalue weighted by atomic mass is 16.3. The molecule has 70 valence electrons. The SMILES string of the molecule is OC[C@H]1CCN(c2ccncc2)C1. The molecule has 1 aromatic rings. The predicted molar refractivity (Wildman–Crippen MR) is 51.6 cm³/mol. The van der Waals surface area contributed by atoms with Crippen molar-refractivity contribution in [3.63, 3.8) is 0 Å². The monoisotopic (exact) mass is 178 g/mol. The molecule has 0 amide bonds. The van der Waals surface area contributed by atoms with Gasteiger partial charge in [-0.05, 0) is 18.6 Å². The molecule has 0 aromatic carbocycles. The van der Waals surface area contributed by atoms with Gasteiger partial charge in [0.25, 0.3) is 0 Å². The van der Waals surface area contributed by atoms with Crippen molar-refractivity contribution in [2.24, 2.45) is 5.92 Å². The third kappa shape index (κ3) is 1.80. The molecule has 0 saturated carbocycles. The van der Waals surface area contributed by atoms with Crippen LogP contribution in [0.1, 0.15) is 6.42 Å². The molecular weight excluding hydrogens is 164 g/mol. The largest absolute Gasteiger partial charge is 0.396 e. The van der Waals surface area contributed by atoms with Crippen molar-refractivity contribution in [3.8, 4) is 0 Å². The van der Waals surface area contributed by atoms with Crippen LogP contribution in [0.3, 0.4) is 0 Å². The molecule has 1 atom stereocenters. The zero-order chi connectivity index (χ0) is 9.10. The summed E-state index contributed by atoms with van der Waals surface area (Å²) in [6.07, 6.45) is 4.71. The van der Waals surface area contributed by atoms with Crippen LogP contribution in [-0.2, 0) is 0 Å². The number of aliphatic hydroxyl groups is 1. The van der Waals surface area contributed by atoms with Gasteiger partial charge in [-0.25, -0.2) is 0 Å². The normalized spacial score (nSPS) is 22.2. The molecule has 3 nitrogen and oxygen atoms in total. The molecule has 1 aromatic heterocycles. The minimum Gasteiger partial charge on any atom is -0.396 e. The fourth-order valence-electron chi connectivity index (χ4n) is 1.77. The van der Waals surface area contributed by atoms with Gasteiger partial charge >= 0.3 is 0 Å². The lowest BCUT2D eigenvalue weighted by Crippen LogP contribution is -2.20. The van der Waals surface area contributed by atoms with Gasteiger partial charge < -0.3 is 10.0 Å². The van der Waals surface area contributed by atoms with Crippen LogP contribution in [0.15, 0.2) is 24.5 Å². The first-order chi connectivity index (χ1) is 6.40. The number of aliphatic hydroxyl groups excluding tert-OH is 1. The van der Waals surface area contributed by atoms with Crippen LogP contribution in [0.2, 0.25) is 0 Å². The highest BCUT2D eigenvalue weighted by molar-refractivity contribution is 5.45. The Morgan fingerprint density at radius 3 is 2.85 bits per heavy atom. The van der Waals surface area contributed by atoms with Crippen molar-refractivity contribution >= 4 is 5.69 Å². The van der Waals surface area contributed by atoms with E-state index in [0.29, 0.717) is 12.5 Å². The number of nitrogens with zero attached hydrogens (tertiary/aromatic N) is 2. The summed E-state index contributed by atoms with van der Waals surface area (Å²) in [5, 5.41) is 8.99. The maximum absolute atomic E-state index is 8.99. The van der Waals surface area contributed by atoms with Gasteiger partial charge in [-0.2, -0.15) is 0 Å². The van der Waals surface area contributed by atoms with Gasteiger partial charge in [-0.1, -0.05) is 0 Å². The second kappa shape index (κ2) is 3.75. The molecule has 1 N–H and O–H groups in total. The van der Waals surface area contributed by atoms with E-state index in [1.807, 2.05) is 24.5 Å². The third-order valence-corrected chi connectivity index (χ3v) is 2.57.